The van der Waals surface area contributed by atoms with Crippen LogP contribution in [0.3, 0.4) is 0 Å². The number of nitrogens with one attached hydrogen (secondary N) is 1. The molecule has 2 aliphatic heterocycles. The van der Waals surface area contributed by atoms with Crippen molar-refractivity contribution in [3.63, 3.8) is 0 Å². The molecule has 1 aromatic rings. The molecule has 1 N–H and O–H groups in total. The van der Waals surface area contributed by atoms with Crippen molar-refractivity contribution in [1.82, 2.24) is 14.5 Å². The topological polar surface area (TPSA) is 90.0 Å². The van der Waals surface area contributed by atoms with Gasteiger partial charge in [-0.25, -0.2) is 12.7 Å². The van der Waals surface area contributed by atoms with Gasteiger partial charge < -0.3 is 15.1 Å². The van der Waals surface area contributed by atoms with Crippen molar-refractivity contribution in [3.05, 3.63) is 30.3 Å². The van der Waals surface area contributed by atoms with Crippen molar-refractivity contribution in [3.8, 4) is 0 Å². The highest BCUT2D eigenvalue weighted by Crippen LogP contribution is 2.20. The number of piperidine rings is 1. The maximum atomic E-state index is 12.5. The summed E-state index contributed by atoms with van der Waals surface area (Å²) in [6.45, 7) is 5.72. The molecule has 2 saturated heterocycles. The molecule has 2 fully saturated rings. The summed E-state index contributed by atoms with van der Waals surface area (Å²) in [5.74, 6) is -0.110. The van der Waals surface area contributed by atoms with Crippen LogP contribution in [0.5, 0.6) is 0 Å². The summed E-state index contributed by atoms with van der Waals surface area (Å²) in [6, 6.07) is 10.2. The predicted molar refractivity (Wildman–Crippen MR) is 117 cm³/mol. The van der Waals surface area contributed by atoms with E-state index in [1.807, 2.05) is 23.1 Å². The monoisotopic (exact) mass is 436 g/mol. The van der Waals surface area contributed by atoms with Crippen LogP contribution in [-0.2, 0) is 19.6 Å². The second-order valence-corrected chi connectivity index (χ2v) is 10.1. The fraction of sp³-hybridized carbons (Fsp3) is 0.619. The zero-order chi connectivity index (χ0) is 21.6. The Hall–Kier alpha value is -2.13. The van der Waals surface area contributed by atoms with E-state index in [9.17, 15) is 18.0 Å². The molecule has 8 nitrogen and oxygen atoms in total. The molecule has 1 aromatic carbocycles. The smallest absolute Gasteiger partial charge is 0.224 e. The standard InChI is InChI=1S/C21H32N4O4S/c1-2-30(28,29)25-12-9-18(10-13-25)21(27)22-11-8-20(26)24-16-14-23(15-17-24)19-6-4-3-5-7-19/h3-7,18H,2,8-17H2,1H3,(H,22,27). The number of carbonyl (C=O) groups is 2. The first-order valence-corrected chi connectivity index (χ1v) is 12.3. The molecule has 0 aromatic heterocycles. The van der Waals surface area contributed by atoms with Crippen LogP contribution in [0.1, 0.15) is 26.2 Å². The minimum atomic E-state index is -3.18. The largest absolute Gasteiger partial charge is 0.368 e. The fourth-order valence-electron chi connectivity index (χ4n) is 4.03. The number of piperazine rings is 1. The van der Waals surface area contributed by atoms with Crippen LogP contribution < -0.4 is 10.2 Å². The van der Waals surface area contributed by atoms with E-state index in [-0.39, 0.29) is 23.5 Å². The van der Waals surface area contributed by atoms with Gasteiger partial charge in [-0.15, -0.1) is 0 Å². The van der Waals surface area contributed by atoms with Gasteiger partial charge in [-0.3, -0.25) is 9.59 Å². The van der Waals surface area contributed by atoms with Gasteiger partial charge in [-0.2, -0.15) is 0 Å². The van der Waals surface area contributed by atoms with Crippen molar-refractivity contribution in [2.45, 2.75) is 26.2 Å². The first kappa shape index (κ1) is 22.6. The molecule has 2 heterocycles. The third-order valence-corrected chi connectivity index (χ3v) is 7.86. The van der Waals surface area contributed by atoms with E-state index >= 15 is 0 Å². The Labute approximate surface area is 179 Å². The maximum absolute atomic E-state index is 12.5. The molecule has 0 radical (unpaired) electrons. The molecule has 9 heteroatoms. The molecule has 0 aliphatic carbocycles. The maximum Gasteiger partial charge on any atom is 0.224 e. The highest BCUT2D eigenvalue weighted by molar-refractivity contribution is 7.89. The number of benzene rings is 1. The van der Waals surface area contributed by atoms with Crippen molar-refractivity contribution in [2.24, 2.45) is 5.92 Å². The number of rotatable bonds is 7. The average molecular weight is 437 g/mol. The first-order valence-electron chi connectivity index (χ1n) is 10.7. The lowest BCUT2D eigenvalue weighted by molar-refractivity contribution is -0.131. The predicted octanol–water partition coefficient (Wildman–Crippen LogP) is 0.903. The Morgan fingerprint density at radius 2 is 1.63 bits per heavy atom. The summed E-state index contributed by atoms with van der Waals surface area (Å²) in [6.07, 6.45) is 1.35. The minimum Gasteiger partial charge on any atom is -0.368 e. The first-order chi connectivity index (χ1) is 14.4. The summed E-state index contributed by atoms with van der Waals surface area (Å²) < 4.78 is 25.3. The molecular formula is C21H32N4O4S. The molecule has 0 spiro atoms. The van der Waals surface area contributed by atoms with E-state index in [0.29, 0.717) is 52.0 Å². The third kappa shape index (κ3) is 5.72. The molecule has 0 bridgehead atoms. The number of amides is 2. The van der Waals surface area contributed by atoms with E-state index in [0.717, 1.165) is 13.1 Å². The Morgan fingerprint density at radius 3 is 2.23 bits per heavy atom. The van der Waals surface area contributed by atoms with Gasteiger partial charge in [-0.05, 0) is 31.9 Å². The van der Waals surface area contributed by atoms with Crippen LogP contribution in [0, 0.1) is 5.92 Å². The number of sulfonamides is 1. The van der Waals surface area contributed by atoms with Crippen molar-refractivity contribution in [2.75, 3.05) is 56.5 Å². The van der Waals surface area contributed by atoms with Crippen molar-refractivity contribution in [1.29, 1.82) is 0 Å². The van der Waals surface area contributed by atoms with Crippen molar-refractivity contribution >= 4 is 27.5 Å². The number of anilines is 1. The minimum absolute atomic E-state index is 0.0619. The number of nitrogens with zero attached hydrogens (tertiary/aromatic N) is 3. The van der Waals surface area contributed by atoms with Gasteiger partial charge in [0.1, 0.15) is 0 Å². The van der Waals surface area contributed by atoms with Crippen LogP contribution in [0.4, 0.5) is 5.69 Å². The second kappa shape index (κ2) is 10.3. The summed E-state index contributed by atoms with van der Waals surface area (Å²) in [5.41, 5.74) is 1.18. The van der Waals surface area contributed by atoms with E-state index < -0.39 is 10.0 Å². The number of hydrogen-bond donors (Lipinski definition) is 1. The number of hydrogen-bond acceptors (Lipinski definition) is 5. The van der Waals surface area contributed by atoms with Gasteiger partial charge in [-0.1, -0.05) is 18.2 Å². The van der Waals surface area contributed by atoms with Crippen LogP contribution >= 0.6 is 0 Å². The molecule has 30 heavy (non-hydrogen) atoms. The molecule has 0 unspecified atom stereocenters. The Balaban J connectivity index is 1.35. The van der Waals surface area contributed by atoms with Crippen molar-refractivity contribution < 1.29 is 18.0 Å². The Kier molecular flexibility index (Phi) is 7.71. The van der Waals surface area contributed by atoms with Gasteiger partial charge in [0.05, 0.1) is 5.75 Å². The highest BCUT2D eigenvalue weighted by Gasteiger charge is 2.30. The van der Waals surface area contributed by atoms with Gasteiger partial charge in [0.2, 0.25) is 21.8 Å². The van der Waals surface area contributed by atoms with Gasteiger partial charge in [0, 0.05) is 63.8 Å². The summed E-state index contributed by atoms with van der Waals surface area (Å²) in [5, 5.41) is 2.86. The Morgan fingerprint density at radius 1 is 1.00 bits per heavy atom. The normalized spacial score (nSPS) is 19.0. The summed E-state index contributed by atoms with van der Waals surface area (Å²) in [4.78, 5) is 29.0. The third-order valence-electron chi connectivity index (χ3n) is 5.97. The lowest BCUT2D eigenvalue weighted by Gasteiger charge is -2.36. The fourth-order valence-corrected chi connectivity index (χ4v) is 5.16. The zero-order valence-electron chi connectivity index (χ0n) is 17.6. The van der Waals surface area contributed by atoms with Gasteiger partial charge in [0.25, 0.3) is 0 Å². The van der Waals surface area contributed by atoms with Crippen LogP contribution in [0.15, 0.2) is 30.3 Å². The molecule has 0 atom stereocenters. The summed E-state index contributed by atoms with van der Waals surface area (Å²) in [7, 11) is -3.18. The number of para-hydroxylation sites is 1. The quantitative estimate of drug-likeness (QED) is 0.686. The van der Waals surface area contributed by atoms with E-state index in [1.54, 1.807) is 6.92 Å². The SMILES string of the molecule is CCS(=O)(=O)N1CCC(C(=O)NCCC(=O)N2CCN(c3ccccc3)CC2)CC1. The molecule has 3 rings (SSSR count). The van der Waals surface area contributed by atoms with Crippen LogP contribution in [-0.4, -0.2) is 81.0 Å². The van der Waals surface area contributed by atoms with Gasteiger partial charge in [0.15, 0.2) is 0 Å². The lowest BCUT2D eigenvalue weighted by Crippen LogP contribution is -2.49. The molecular weight excluding hydrogens is 404 g/mol. The van der Waals surface area contributed by atoms with Crippen LogP contribution in [0.25, 0.3) is 0 Å². The molecule has 2 aliphatic rings. The van der Waals surface area contributed by atoms with E-state index in [1.165, 1.54) is 9.99 Å². The average Bonchev–Trinajstić information content (AvgIpc) is 2.79. The Bertz CT molecular complexity index is 815. The summed E-state index contributed by atoms with van der Waals surface area (Å²) >= 11 is 0. The lowest BCUT2D eigenvalue weighted by atomic mass is 9.97. The van der Waals surface area contributed by atoms with Crippen LogP contribution in [0.2, 0.25) is 0 Å². The van der Waals surface area contributed by atoms with Gasteiger partial charge >= 0.3 is 0 Å². The zero-order valence-corrected chi connectivity index (χ0v) is 18.4. The highest BCUT2D eigenvalue weighted by atomic mass is 32.2. The second-order valence-electron chi connectivity index (χ2n) is 7.82. The molecule has 2 amide bonds. The van der Waals surface area contributed by atoms with E-state index in [2.05, 4.69) is 22.3 Å². The number of carbonyl (C=O) groups excluding carboxylic acids is 2. The molecule has 166 valence electrons. The van der Waals surface area contributed by atoms with E-state index in [4.69, 9.17) is 0 Å². The molecule has 0 saturated carbocycles.